The van der Waals surface area contributed by atoms with Gasteiger partial charge in [0.2, 0.25) is 11.8 Å². The predicted octanol–water partition coefficient (Wildman–Crippen LogP) is 1.36. The van der Waals surface area contributed by atoms with Gasteiger partial charge in [0.15, 0.2) is 0 Å². The van der Waals surface area contributed by atoms with Gasteiger partial charge in [-0.2, -0.15) is 0 Å². The van der Waals surface area contributed by atoms with Gasteiger partial charge in [0.25, 0.3) is 0 Å². The normalized spacial score (nSPS) is 16.2. The van der Waals surface area contributed by atoms with Crippen LogP contribution in [0.15, 0.2) is 0 Å². The van der Waals surface area contributed by atoms with Crippen molar-refractivity contribution in [1.29, 1.82) is 0 Å². The van der Waals surface area contributed by atoms with Crippen molar-refractivity contribution in [2.24, 2.45) is 5.73 Å². The van der Waals surface area contributed by atoms with Crippen molar-refractivity contribution < 1.29 is 9.59 Å². The summed E-state index contributed by atoms with van der Waals surface area (Å²) in [5, 5.41) is 0. The average Bonchev–Trinajstić information content (AvgIpc) is 2.45. The van der Waals surface area contributed by atoms with Gasteiger partial charge in [-0.25, -0.2) is 0 Å². The Kier molecular flexibility index (Phi) is 7.59. The molecule has 0 atom stereocenters. The van der Waals surface area contributed by atoms with E-state index in [1.165, 1.54) is 0 Å². The molecule has 0 saturated carbocycles. The van der Waals surface area contributed by atoms with E-state index in [9.17, 15) is 9.59 Å². The number of nitrogens with zero attached hydrogens (tertiary/aromatic N) is 2. The largest absolute Gasteiger partial charge is 0.343 e. The van der Waals surface area contributed by atoms with Crippen LogP contribution in [0.2, 0.25) is 0 Å². The molecule has 0 aromatic rings. The summed E-state index contributed by atoms with van der Waals surface area (Å²) in [5.74, 6) is 0.203. The molecular weight excluding hydrogens is 254 g/mol. The van der Waals surface area contributed by atoms with Crippen molar-refractivity contribution in [3.05, 3.63) is 0 Å². The van der Waals surface area contributed by atoms with Gasteiger partial charge in [-0.1, -0.05) is 13.8 Å². The highest BCUT2D eigenvalue weighted by Crippen LogP contribution is 2.11. The number of carbonyl (C=O) groups is 2. The predicted molar refractivity (Wildman–Crippen MR) is 80.2 cm³/mol. The number of rotatable bonds is 7. The number of nitrogens with two attached hydrogens (primary N) is 1. The van der Waals surface area contributed by atoms with Crippen molar-refractivity contribution in [2.45, 2.75) is 58.4 Å². The molecule has 2 N–H and O–H groups in total. The first-order valence-electron chi connectivity index (χ1n) is 7.89. The van der Waals surface area contributed by atoms with E-state index in [2.05, 4.69) is 13.8 Å². The third-order valence-corrected chi connectivity index (χ3v) is 3.78. The molecule has 0 aliphatic carbocycles. The van der Waals surface area contributed by atoms with Crippen LogP contribution in [-0.2, 0) is 9.59 Å². The molecule has 1 aliphatic heterocycles. The molecular formula is C15H29N3O2. The highest BCUT2D eigenvalue weighted by Gasteiger charge is 2.21. The molecule has 5 heteroatoms. The summed E-state index contributed by atoms with van der Waals surface area (Å²) >= 11 is 0. The van der Waals surface area contributed by atoms with Gasteiger partial charge >= 0.3 is 0 Å². The minimum Gasteiger partial charge on any atom is -0.343 e. The van der Waals surface area contributed by atoms with E-state index in [0.29, 0.717) is 12.8 Å². The van der Waals surface area contributed by atoms with Crippen molar-refractivity contribution >= 4 is 11.8 Å². The molecule has 116 valence electrons. The zero-order valence-corrected chi connectivity index (χ0v) is 12.9. The quantitative estimate of drug-likeness (QED) is 0.767. The fourth-order valence-electron chi connectivity index (χ4n) is 2.58. The second-order valence-corrected chi connectivity index (χ2v) is 5.60. The first-order chi connectivity index (χ1) is 9.58. The first kappa shape index (κ1) is 17.0. The number of carbonyl (C=O) groups excluding carboxylic acids is 2. The zero-order chi connectivity index (χ0) is 15.0. The Labute approximate surface area is 122 Å². The summed E-state index contributed by atoms with van der Waals surface area (Å²) in [7, 11) is 0. The summed E-state index contributed by atoms with van der Waals surface area (Å²) in [4.78, 5) is 27.9. The van der Waals surface area contributed by atoms with E-state index in [1.54, 1.807) is 0 Å². The van der Waals surface area contributed by atoms with Gasteiger partial charge in [-0.05, 0) is 25.7 Å². The van der Waals surface area contributed by atoms with Gasteiger partial charge < -0.3 is 15.5 Å². The second-order valence-electron chi connectivity index (χ2n) is 5.60. The third-order valence-electron chi connectivity index (χ3n) is 3.78. The Hall–Kier alpha value is -1.10. The lowest BCUT2D eigenvalue weighted by Crippen LogP contribution is -2.43. The van der Waals surface area contributed by atoms with Crippen LogP contribution in [0.25, 0.3) is 0 Å². The molecule has 20 heavy (non-hydrogen) atoms. The maximum absolute atomic E-state index is 12.1. The lowest BCUT2D eigenvalue weighted by Gasteiger charge is -2.30. The molecule has 0 radical (unpaired) electrons. The SMILES string of the molecule is CCCN(CCC)C(=O)CCC(=O)N1CCC(N)CC1. The van der Waals surface area contributed by atoms with Crippen LogP contribution in [0.4, 0.5) is 0 Å². The lowest BCUT2D eigenvalue weighted by atomic mass is 10.1. The standard InChI is InChI=1S/C15H29N3O2/c1-3-9-17(10-4-2)14(19)5-6-15(20)18-11-7-13(16)8-12-18/h13H,3-12,16H2,1-2H3. The van der Waals surface area contributed by atoms with Crippen molar-refractivity contribution in [3.63, 3.8) is 0 Å². The van der Waals surface area contributed by atoms with Crippen LogP contribution in [0.5, 0.6) is 0 Å². The number of likely N-dealkylation sites (tertiary alicyclic amines) is 1. The topological polar surface area (TPSA) is 66.6 Å². The molecule has 1 rings (SSSR count). The molecule has 0 spiro atoms. The summed E-state index contributed by atoms with van der Waals surface area (Å²) in [6, 6.07) is 0.227. The Morgan fingerprint density at radius 1 is 1.10 bits per heavy atom. The molecule has 1 fully saturated rings. The Morgan fingerprint density at radius 2 is 1.65 bits per heavy atom. The van der Waals surface area contributed by atoms with Gasteiger partial charge in [0.05, 0.1) is 0 Å². The van der Waals surface area contributed by atoms with Gasteiger partial charge in [0.1, 0.15) is 0 Å². The highest BCUT2D eigenvalue weighted by atomic mass is 16.2. The minimum atomic E-state index is 0.0956. The number of piperidine rings is 1. The van der Waals surface area contributed by atoms with Crippen LogP contribution in [0.3, 0.4) is 0 Å². The molecule has 0 bridgehead atoms. The van der Waals surface area contributed by atoms with E-state index in [-0.39, 0.29) is 17.9 Å². The van der Waals surface area contributed by atoms with Crippen LogP contribution < -0.4 is 5.73 Å². The average molecular weight is 283 g/mol. The molecule has 1 heterocycles. The molecule has 1 saturated heterocycles. The molecule has 5 nitrogen and oxygen atoms in total. The summed E-state index contributed by atoms with van der Waals surface area (Å²) in [6.45, 7) is 7.19. The maximum atomic E-state index is 12.1. The molecule has 1 aliphatic rings. The molecule has 0 unspecified atom stereocenters. The van der Waals surface area contributed by atoms with E-state index in [4.69, 9.17) is 5.73 Å². The van der Waals surface area contributed by atoms with E-state index >= 15 is 0 Å². The molecule has 2 amide bonds. The minimum absolute atomic E-state index is 0.0956. The zero-order valence-electron chi connectivity index (χ0n) is 12.9. The van der Waals surface area contributed by atoms with Gasteiger partial charge in [0, 0.05) is 45.1 Å². The Balaban J connectivity index is 2.33. The smallest absolute Gasteiger partial charge is 0.223 e. The molecule has 0 aromatic carbocycles. The monoisotopic (exact) mass is 283 g/mol. The Morgan fingerprint density at radius 3 is 2.15 bits per heavy atom. The summed E-state index contributed by atoms with van der Waals surface area (Å²) in [6.07, 6.45) is 4.34. The Bertz CT molecular complexity index is 306. The number of hydrogen-bond donors (Lipinski definition) is 1. The van der Waals surface area contributed by atoms with Gasteiger partial charge in [-0.15, -0.1) is 0 Å². The highest BCUT2D eigenvalue weighted by molar-refractivity contribution is 5.83. The van der Waals surface area contributed by atoms with Crippen molar-refractivity contribution in [3.8, 4) is 0 Å². The van der Waals surface area contributed by atoms with Crippen LogP contribution in [-0.4, -0.2) is 53.8 Å². The first-order valence-corrected chi connectivity index (χ1v) is 7.89. The van der Waals surface area contributed by atoms with Crippen LogP contribution >= 0.6 is 0 Å². The molecule has 0 aromatic heterocycles. The lowest BCUT2D eigenvalue weighted by molar-refractivity contribution is -0.137. The second kappa shape index (κ2) is 8.95. The van der Waals surface area contributed by atoms with E-state index in [1.807, 2.05) is 9.80 Å². The number of hydrogen-bond acceptors (Lipinski definition) is 3. The van der Waals surface area contributed by atoms with Crippen LogP contribution in [0.1, 0.15) is 52.4 Å². The summed E-state index contributed by atoms with van der Waals surface area (Å²) < 4.78 is 0. The van der Waals surface area contributed by atoms with E-state index < -0.39 is 0 Å². The van der Waals surface area contributed by atoms with Gasteiger partial charge in [-0.3, -0.25) is 9.59 Å². The van der Waals surface area contributed by atoms with Crippen LogP contribution in [0, 0.1) is 0 Å². The van der Waals surface area contributed by atoms with Crippen molar-refractivity contribution in [2.75, 3.05) is 26.2 Å². The summed E-state index contributed by atoms with van der Waals surface area (Å²) in [5.41, 5.74) is 5.83. The fraction of sp³-hybridized carbons (Fsp3) is 0.867. The third kappa shape index (κ3) is 5.49. The van der Waals surface area contributed by atoms with Crippen molar-refractivity contribution in [1.82, 2.24) is 9.80 Å². The van der Waals surface area contributed by atoms with E-state index in [0.717, 1.165) is 51.9 Å². The number of amides is 2. The maximum Gasteiger partial charge on any atom is 0.223 e. The fourth-order valence-corrected chi connectivity index (χ4v) is 2.58.